The number of thioether (sulfide) groups is 1. The molecule has 0 unspecified atom stereocenters. The first kappa shape index (κ1) is 13.4. The van der Waals surface area contributed by atoms with Crippen LogP contribution in [0.3, 0.4) is 0 Å². The summed E-state index contributed by atoms with van der Waals surface area (Å²) in [5, 5.41) is 0.790. The van der Waals surface area contributed by atoms with Crippen LogP contribution in [-0.2, 0) is 0 Å². The van der Waals surface area contributed by atoms with Crippen LogP contribution in [0.15, 0.2) is 41.3 Å². The van der Waals surface area contributed by atoms with E-state index < -0.39 is 0 Å². The van der Waals surface area contributed by atoms with Crippen molar-refractivity contribution in [3.63, 3.8) is 0 Å². The van der Waals surface area contributed by atoms with Gasteiger partial charge in [0.25, 0.3) is 0 Å². The van der Waals surface area contributed by atoms with Gasteiger partial charge in [-0.15, -0.1) is 0 Å². The Balaban J connectivity index is 2.99. The van der Waals surface area contributed by atoms with E-state index in [4.69, 9.17) is 11.6 Å². The molecule has 86 valence electrons. The molecule has 16 heavy (non-hydrogen) atoms. The summed E-state index contributed by atoms with van der Waals surface area (Å²) in [5.41, 5.74) is 1.19. The van der Waals surface area contributed by atoms with Crippen LogP contribution < -0.4 is 0 Å². The van der Waals surface area contributed by atoms with Crippen molar-refractivity contribution in [1.29, 1.82) is 0 Å². The predicted octanol–water partition coefficient (Wildman–Crippen LogP) is 5.75. The van der Waals surface area contributed by atoms with Crippen LogP contribution in [0.5, 0.6) is 0 Å². The van der Waals surface area contributed by atoms with Crippen LogP contribution in [0.2, 0.25) is 5.02 Å². The molecule has 0 radical (unpaired) electrons. The molecule has 0 aromatic heterocycles. The Labute approximate surface area is 107 Å². The lowest BCUT2D eigenvalue weighted by atomic mass is 10.2. The average Bonchev–Trinajstić information content (AvgIpc) is 2.28. The lowest BCUT2D eigenvalue weighted by Gasteiger charge is -2.08. The number of halogens is 1. The molecule has 0 bridgehead atoms. The lowest BCUT2D eigenvalue weighted by molar-refractivity contribution is 1.23. The molecule has 0 atom stereocenters. The van der Waals surface area contributed by atoms with Gasteiger partial charge in [-0.25, -0.2) is 0 Å². The van der Waals surface area contributed by atoms with Crippen molar-refractivity contribution < 1.29 is 0 Å². The van der Waals surface area contributed by atoms with E-state index in [0.717, 1.165) is 11.4 Å². The van der Waals surface area contributed by atoms with E-state index in [1.54, 1.807) is 11.8 Å². The summed E-state index contributed by atoms with van der Waals surface area (Å²) >= 11 is 7.80. The van der Waals surface area contributed by atoms with Gasteiger partial charge in [-0.2, -0.15) is 0 Å². The fourth-order valence-electron chi connectivity index (χ4n) is 1.28. The Kier molecular flexibility index (Phi) is 5.72. The minimum absolute atomic E-state index is 0.790. The largest absolute Gasteiger partial charge is 0.0949 e. The zero-order valence-corrected chi connectivity index (χ0v) is 11.5. The fraction of sp³-hybridized carbons (Fsp3) is 0.286. The van der Waals surface area contributed by atoms with Crippen molar-refractivity contribution in [3.05, 3.63) is 51.9 Å². The predicted molar refractivity (Wildman–Crippen MR) is 76.7 cm³/mol. The third kappa shape index (κ3) is 4.07. The van der Waals surface area contributed by atoms with Crippen LogP contribution in [0, 0.1) is 0 Å². The van der Waals surface area contributed by atoms with Crippen molar-refractivity contribution >= 4 is 28.3 Å². The first-order chi connectivity index (χ1) is 7.67. The maximum Gasteiger partial charge on any atom is 0.0412 e. The van der Waals surface area contributed by atoms with Crippen molar-refractivity contribution in [2.45, 2.75) is 27.2 Å². The molecule has 1 aromatic rings. The van der Waals surface area contributed by atoms with Gasteiger partial charge in [-0.1, -0.05) is 54.6 Å². The molecule has 0 amide bonds. The van der Waals surface area contributed by atoms with Gasteiger partial charge in [0.1, 0.15) is 0 Å². The van der Waals surface area contributed by atoms with Gasteiger partial charge < -0.3 is 0 Å². The molecular formula is C14H17ClS. The SMILES string of the molecule is C/C=C(/C)S/C(=C/CC)c1cccc(Cl)c1. The molecule has 0 aliphatic carbocycles. The van der Waals surface area contributed by atoms with Gasteiger partial charge in [-0.05, 0) is 42.9 Å². The molecule has 2 heteroatoms. The first-order valence-electron chi connectivity index (χ1n) is 5.44. The van der Waals surface area contributed by atoms with Crippen LogP contribution in [0.4, 0.5) is 0 Å². The van der Waals surface area contributed by atoms with Gasteiger partial charge in [0, 0.05) is 9.93 Å². The lowest BCUT2D eigenvalue weighted by Crippen LogP contribution is -1.81. The van der Waals surface area contributed by atoms with Gasteiger partial charge in [0.15, 0.2) is 0 Å². The highest BCUT2D eigenvalue weighted by molar-refractivity contribution is 8.11. The zero-order chi connectivity index (χ0) is 12.0. The second-order valence-electron chi connectivity index (χ2n) is 3.49. The van der Waals surface area contributed by atoms with Crippen LogP contribution in [0.25, 0.3) is 4.91 Å². The van der Waals surface area contributed by atoms with Crippen LogP contribution in [-0.4, -0.2) is 0 Å². The monoisotopic (exact) mass is 252 g/mol. The van der Waals surface area contributed by atoms with E-state index >= 15 is 0 Å². The summed E-state index contributed by atoms with van der Waals surface area (Å²) in [6, 6.07) is 8.01. The van der Waals surface area contributed by atoms with E-state index in [0.29, 0.717) is 0 Å². The highest BCUT2D eigenvalue weighted by Crippen LogP contribution is 2.34. The molecule has 0 saturated heterocycles. The van der Waals surface area contributed by atoms with E-state index in [1.165, 1.54) is 15.4 Å². The van der Waals surface area contributed by atoms with Crippen molar-refractivity contribution in [2.24, 2.45) is 0 Å². The smallest absolute Gasteiger partial charge is 0.0412 e. The Morgan fingerprint density at radius 1 is 1.44 bits per heavy atom. The molecule has 0 aliphatic rings. The molecule has 0 saturated carbocycles. The Morgan fingerprint density at radius 3 is 2.75 bits per heavy atom. The highest BCUT2D eigenvalue weighted by atomic mass is 35.5. The summed E-state index contributed by atoms with van der Waals surface area (Å²) in [6.45, 7) is 6.33. The van der Waals surface area contributed by atoms with Gasteiger partial charge in [-0.3, -0.25) is 0 Å². The molecule has 1 aromatic carbocycles. The quantitative estimate of drug-likeness (QED) is 0.658. The Hall–Kier alpha value is -0.660. The number of hydrogen-bond acceptors (Lipinski definition) is 1. The van der Waals surface area contributed by atoms with Crippen LogP contribution >= 0.6 is 23.4 Å². The maximum atomic E-state index is 6.01. The molecular weight excluding hydrogens is 236 g/mol. The maximum absolute atomic E-state index is 6.01. The Morgan fingerprint density at radius 2 is 2.19 bits per heavy atom. The minimum Gasteiger partial charge on any atom is -0.0949 e. The third-order valence-corrected chi connectivity index (χ3v) is 3.59. The number of rotatable bonds is 4. The standard InChI is InChI=1S/C14H17ClS/c1-4-7-14(16-11(3)5-2)12-8-6-9-13(15)10-12/h5-10H,4H2,1-3H3/b11-5-,14-7+. The second-order valence-corrected chi connectivity index (χ2v) is 5.21. The minimum atomic E-state index is 0.790. The number of allylic oxidation sites excluding steroid dienone is 3. The van der Waals surface area contributed by atoms with Crippen LogP contribution in [0.1, 0.15) is 32.8 Å². The van der Waals surface area contributed by atoms with Crippen molar-refractivity contribution in [1.82, 2.24) is 0 Å². The molecule has 0 fully saturated rings. The molecule has 0 spiro atoms. The summed E-state index contributed by atoms with van der Waals surface area (Å²) < 4.78 is 0. The van der Waals surface area contributed by atoms with Gasteiger partial charge in [0.05, 0.1) is 0 Å². The third-order valence-electron chi connectivity index (χ3n) is 2.18. The van der Waals surface area contributed by atoms with Gasteiger partial charge >= 0.3 is 0 Å². The molecule has 0 N–H and O–H groups in total. The first-order valence-corrected chi connectivity index (χ1v) is 6.63. The Bertz CT molecular complexity index is 405. The van der Waals surface area contributed by atoms with E-state index in [-0.39, 0.29) is 0 Å². The topological polar surface area (TPSA) is 0 Å². The van der Waals surface area contributed by atoms with E-state index in [9.17, 15) is 0 Å². The highest BCUT2D eigenvalue weighted by Gasteiger charge is 2.03. The number of benzene rings is 1. The summed E-state index contributed by atoms with van der Waals surface area (Å²) in [7, 11) is 0. The fourth-order valence-corrected chi connectivity index (χ4v) is 2.43. The van der Waals surface area contributed by atoms with E-state index in [1.807, 2.05) is 18.2 Å². The van der Waals surface area contributed by atoms with E-state index in [2.05, 4.69) is 39.0 Å². The van der Waals surface area contributed by atoms with Crippen molar-refractivity contribution in [2.75, 3.05) is 0 Å². The molecule has 0 nitrogen and oxygen atoms in total. The summed E-state index contributed by atoms with van der Waals surface area (Å²) in [5.74, 6) is 0. The molecule has 0 aliphatic heterocycles. The van der Waals surface area contributed by atoms with Gasteiger partial charge in [0.2, 0.25) is 0 Å². The molecule has 0 heterocycles. The zero-order valence-electron chi connectivity index (χ0n) is 9.96. The second kappa shape index (κ2) is 6.82. The molecule has 1 rings (SSSR count). The summed E-state index contributed by atoms with van der Waals surface area (Å²) in [4.78, 5) is 2.58. The normalized spacial score (nSPS) is 13.0. The summed E-state index contributed by atoms with van der Waals surface area (Å²) in [6.07, 6.45) is 5.40. The van der Waals surface area contributed by atoms with Crippen molar-refractivity contribution in [3.8, 4) is 0 Å². The average molecular weight is 253 g/mol. The number of hydrogen-bond donors (Lipinski definition) is 0.